The number of fused-ring (bicyclic) bond motifs is 1. The molecule has 0 bridgehead atoms. The molecule has 156 valence electrons. The van der Waals surface area contributed by atoms with Crippen molar-refractivity contribution in [1.82, 2.24) is 4.90 Å². The van der Waals surface area contributed by atoms with Gasteiger partial charge in [-0.3, -0.25) is 9.69 Å². The summed E-state index contributed by atoms with van der Waals surface area (Å²) in [6, 6.07) is 17.7. The van der Waals surface area contributed by atoms with Crippen molar-refractivity contribution in [1.29, 1.82) is 0 Å². The van der Waals surface area contributed by atoms with Gasteiger partial charge in [-0.2, -0.15) is 0 Å². The molecule has 2 heterocycles. The van der Waals surface area contributed by atoms with Crippen molar-refractivity contribution in [2.24, 2.45) is 11.8 Å². The number of benzene rings is 2. The summed E-state index contributed by atoms with van der Waals surface area (Å²) in [4.78, 5) is 39.3. The molecule has 2 fully saturated rings. The Morgan fingerprint density at radius 3 is 2.17 bits per heavy atom. The van der Waals surface area contributed by atoms with Crippen molar-refractivity contribution in [2.75, 3.05) is 13.2 Å². The molecule has 7 nitrogen and oxygen atoms in total. The van der Waals surface area contributed by atoms with Crippen LogP contribution in [-0.4, -0.2) is 42.1 Å². The summed E-state index contributed by atoms with van der Waals surface area (Å²) in [5, 5.41) is 0. The van der Waals surface area contributed by atoms with E-state index in [1.807, 2.05) is 60.7 Å². The number of rotatable bonds is 5. The second-order valence-corrected chi connectivity index (χ2v) is 7.46. The molecule has 3 atom stereocenters. The fourth-order valence-corrected chi connectivity index (χ4v) is 4.03. The average Bonchev–Trinajstić information content (AvgIpc) is 3.18. The third-order valence-corrected chi connectivity index (χ3v) is 5.55. The van der Waals surface area contributed by atoms with Gasteiger partial charge in [0.2, 0.25) is 0 Å². The van der Waals surface area contributed by atoms with Crippen molar-refractivity contribution < 1.29 is 28.6 Å². The van der Waals surface area contributed by atoms with E-state index < -0.39 is 24.0 Å². The van der Waals surface area contributed by atoms with Crippen LogP contribution in [0.1, 0.15) is 17.5 Å². The topological polar surface area (TPSA) is 82.1 Å². The smallest absolute Gasteiger partial charge is 0.410 e. The maximum Gasteiger partial charge on any atom is 0.410 e. The second-order valence-electron chi connectivity index (χ2n) is 7.46. The molecule has 0 saturated carbocycles. The lowest BCUT2D eigenvalue weighted by molar-refractivity contribution is -0.157. The summed E-state index contributed by atoms with van der Waals surface area (Å²) in [5.41, 5.74) is 1.69. The van der Waals surface area contributed by atoms with Gasteiger partial charge in [0.15, 0.2) is 0 Å². The van der Waals surface area contributed by atoms with Gasteiger partial charge < -0.3 is 14.2 Å². The van der Waals surface area contributed by atoms with E-state index >= 15 is 0 Å². The number of carbonyl (C=O) groups is 3. The van der Waals surface area contributed by atoms with Crippen LogP contribution in [0, 0.1) is 11.8 Å². The Morgan fingerprint density at radius 2 is 1.53 bits per heavy atom. The van der Waals surface area contributed by atoms with Gasteiger partial charge in [-0.15, -0.1) is 0 Å². The number of amides is 1. The SMILES string of the molecule is O=C1OCC[C@H]2[C@@H]1CN(C(=O)OCc1ccccc1)[C@@H]2C(=O)OCc1ccccc1. The number of esters is 2. The summed E-state index contributed by atoms with van der Waals surface area (Å²) in [5.74, 6) is -1.79. The normalized spacial score (nSPS) is 22.7. The van der Waals surface area contributed by atoms with E-state index in [2.05, 4.69) is 0 Å². The van der Waals surface area contributed by atoms with E-state index in [9.17, 15) is 14.4 Å². The van der Waals surface area contributed by atoms with E-state index in [1.54, 1.807) is 0 Å². The van der Waals surface area contributed by atoms with Crippen LogP contribution in [0.2, 0.25) is 0 Å². The van der Waals surface area contributed by atoms with Gasteiger partial charge in [0.05, 0.1) is 12.5 Å². The first-order valence-electron chi connectivity index (χ1n) is 9.98. The minimum atomic E-state index is -0.866. The highest BCUT2D eigenvalue weighted by Crippen LogP contribution is 2.37. The fourth-order valence-electron chi connectivity index (χ4n) is 4.03. The molecule has 0 unspecified atom stereocenters. The van der Waals surface area contributed by atoms with Crippen molar-refractivity contribution in [3.63, 3.8) is 0 Å². The van der Waals surface area contributed by atoms with Crippen LogP contribution in [0.25, 0.3) is 0 Å². The van der Waals surface area contributed by atoms with Crippen LogP contribution in [0.4, 0.5) is 4.79 Å². The molecular weight excluding hydrogens is 386 g/mol. The van der Waals surface area contributed by atoms with Crippen molar-refractivity contribution in [3.8, 4) is 0 Å². The van der Waals surface area contributed by atoms with Gasteiger partial charge in [-0.05, 0) is 17.5 Å². The molecule has 2 aliphatic heterocycles. The molecule has 0 radical (unpaired) electrons. The zero-order valence-corrected chi connectivity index (χ0v) is 16.4. The van der Waals surface area contributed by atoms with Gasteiger partial charge in [-0.25, -0.2) is 9.59 Å². The highest BCUT2D eigenvalue weighted by molar-refractivity contribution is 5.86. The molecule has 0 spiro atoms. The van der Waals surface area contributed by atoms with Crippen LogP contribution in [-0.2, 0) is 37.0 Å². The lowest BCUT2D eigenvalue weighted by Gasteiger charge is -2.28. The van der Waals surface area contributed by atoms with Gasteiger partial charge >= 0.3 is 18.0 Å². The fraction of sp³-hybridized carbons (Fsp3) is 0.348. The summed E-state index contributed by atoms with van der Waals surface area (Å²) in [7, 11) is 0. The Bertz CT molecular complexity index is 900. The molecule has 2 aromatic rings. The highest BCUT2D eigenvalue weighted by Gasteiger charge is 2.53. The minimum absolute atomic E-state index is 0.0851. The molecular formula is C23H23NO6. The largest absolute Gasteiger partial charge is 0.465 e. The zero-order chi connectivity index (χ0) is 20.9. The second kappa shape index (κ2) is 8.98. The first kappa shape index (κ1) is 19.9. The molecule has 30 heavy (non-hydrogen) atoms. The van der Waals surface area contributed by atoms with E-state index in [4.69, 9.17) is 14.2 Å². The number of hydrogen-bond donors (Lipinski definition) is 0. The van der Waals surface area contributed by atoms with E-state index in [-0.39, 0.29) is 38.3 Å². The minimum Gasteiger partial charge on any atom is -0.465 e. The molecule has 2 aliphatic rings. The van der Waals surface area contributed by atoms with Crippen LogP contribution < -0.4 is 0 Å². The van der Waals surface area contributed by atoms with Crippen LogP contribution in [0.15, 0.2) is 60.7 Å². The highest BCUT2D eigenvalue weighted by atomic mass is 16.6. The van der Waals surface area contributed by atoms with E-state index in [1.165, 1.54) is 4.90 Å². The first-order chi connectivity index (χ1) is 14.6. The summed E-state index contributed by atoms with van der Waals surface area (Å²) in [6.45, 7) is 0.504. The summed E-state index contributed by atoms with van der Waals surface area (Å²) >= 11 is 0. The van der Waals surface area contributed by atoms with Crippen molar-refractivity contribution in [3.05, 3.63) is 71.8 Å². The molecule has 1 amide bonds. The standard InChI is InChI=1S/C23H23NO6/c25-21-19-13-24(23(27)30-15-17-9-5-2-6-10-17)20(18(19)11-12-28-21)22(26)29-14-16-7-3-1-4-8-16/h1-10,18-20H,11-15H2/t18-,19-,20-/m0/s1. The number of ether oxygens (including phenoxy) is 3. The number of likely N-dealkylation sites (tertiary alicyclic amines) is 1. The van der Waals surface area contributed by atoms with Crippen molar-refractivity contribution >= 4 is 18.0 Å². The zero-order valence-electron chi connectivity index (χ0n) is 16.4. The van der Waals surface area contributed by atoms with Crippen LogP contribution in [0.3, 0.4) is 0 Å². The van der Waals surface area contributed by atoms with E-state index in [0.717, 1.165) is 11.1 Å². The summed E-state index contributed by atoms with van der Waals surface area (Å²) in [6.07, 6.45) is -0.132. The lowest BCUT2D eigenvalue weighted by atomic mass is 9.86. The molecule has 2 aromatic carbocycles. The van der Waals surface area contributed by atoms with E-state index in [0.29, 0.717) is 6.42 Å². The maximum absolute atomic E-state index is 12.9. The molecule has 0 aromatic heterocycles. The van der Waals surface area contributed by atoms with Gasteiger partial charge in [0, 0.05) is 12.5 Å². The Labute approximate surface area is 174 Å². The number of hydrogen-bond acceptors (Lipinski definition) is 6. The average molecular weight is 409 g/mol. The Balaban J connectivity index is 1.47. The predicted molar refractivity (Wildman–Crippen MR) is 106 cm³/mol. The maximum atomic E-state index is 12.9. The van der Waals surface area contributed by atoms with Gasteiger partial charge in [0.1, 0.15) is 19.3 Å². The van der Waals surface area contributed by atoms with Crippen LogP contribution >= 0.6 is 0 Å². The number of cyclic esters (lactones) is 1. The molecule has 4 rings (SSSR count). The quantitative estimate of drug-likeness (QED) is 0.558. The van der Waals surface area contributed by atoms with Crippen molar-refractivity contribution in [2.45, 2.75) is 25.7 Å². The van der Waals surface area contributed by atoms with Crippen LogP contribution in [0.5, 0.6) is 0 Å². The molecule has 0 N–H and O–H groups in total. The number of carbonyl (C=O) groups excluding carboxylic acids is 3. The monoisotopic (exact) mass is 409 g/mol. The Hall–Kier alpha value is -3.35. The van der Waals surface area contributed by atoms with Gasteiger partial charge in [0.25, 0.3) is 0 Å². The lowest BCUT2D eigenvalue weighted by Crippen LogP contribution is -2.45. The molecule has 0 aliphatic carbocycles. The van der Waals surface area contributed by atoms with Gasteiger partial charge in [-0.1, -0.05) is 60.7 Å². The molecule has 2 saturated heterocycles. The Kier molecular flexibility index (Phi) is 5.97. The summed E-state index contributed by atoms with van der Waals surface area (Å²) < 4.78 is 16.1. The predicted octanol–water partition coefficient (Wildman–Crippen LogP) is 2.93. The number of nitrogens with zero attached hydrogens (tertiary/aromatic N) is 1. The third-order valence-electron chi connectivity index (χ3n) is 5.55. The Morgan fingerprint density at radius 1 is 0.933 bits per heavy atom. The third kappa shape index (κ3) is 4.30. The molecule has 7 heteroatoms. The first-order valence-corrected chi connectivity index (χ1v) is 9.98.